The van der Waals surface area contributed by atoms with E-state index in [1.165, 1.54) is 6.08 Å². The molecule has 0 spiro atoms. The zero-order chi connectivity index (χ0) is 14.1. The molecule has 0 saturated carbocycles. The van der Waals surface area contributed by atoms with Crippen LogP contribution in [0.2, 0.25) is 0 Å². The van der Waals surface area contributed by atoms with Crippen LogP contribution >= 0.6 is 12.4 Å². The molecule has 20 heavy (non-hydrogen) atoms. The van der Waals surface area contributed by atoms with Crippen LogP contribution in [0.15, 0.2) is 41.4 Å². The summed E-state index contributed by atoms with van der Waals surface area (Å²) in [5, 5.41) is 2.75. The van der Waals surface area contributed by atoms with Gasteiger partial charge in [-0.2, -0.15) is 0 Å². The Morgan fingerprint density at radius 2 is 2.00 bits per heavy atom. The van der Waals surface area contributed by atoms with Gasteiger partial charge in [-0.15, -0.1) is 12.4 Å². The molecule has 0 aliphatic carbocycles. The molecule has 0 aliphatic heterocycles. The van der Waals surface area contributed by atoms with Crippen molar-refractivity contribution >= 4 is 30.3 Å². The average molecular weight is 297 g/mol. The molecule has 1 rings (SSSR count). The van der Waals surface area contributed by atoms with Crippen LogP contribution in [-0.4, -0.2) is 18.0 Å². The number of aliphatic imine (C=N–C) groups is 1. The second kappa shape index (κ2) is 9.86. The summed E-state index contributed by atoms with van der Waals surface area (Å²) in [6.07, 6.45) is 4.42. The fraction of sp³-hybridized carbons (Fsp3) is 0.286. The molecule has 1 unspecified atom stereocenters. The van der Waals surface area contributed by atoms with E-state index in [0.717, 1.165) is 12.0 Å². The van der Waals surface area contributed by atoms with Crippen LogP contribution in [0.1, 0.15) is 25.3 Å². The Bertz CT molecular complexity index is 456. The molecule has 0 bridgehead atoms. The van der Waals surface area contributed by atoms with E-state index in [1.54, 1.807) is 6.08 Å². The molecule has 0 aliphatic rings. The van der Waals surface area contributed by atoms with Gasteiger partial charge in [0.15, 0.2) is 5.96 Å². The third-order valence-corrected chi connectivity index (χ3v) is 2.40. The van der Waals surface area contributed by atoms with Crippen molar-refractivity contribution in [3.8, 4) is 0 Å². The number of nitrogens with one attached hydrogen (secondary N) is 1. The quantitative estimate of drug-likeness (QED) is 0.423. The maximum absolute atomic E-state index is 11.7. The van der Waals surface area contributed by atoms with Crippen LogP contribution in [0, 0.1) is 0 Å². The number of hydrogen-bond acceptors (Lipinski definition) is 2. The lowest BCUT2D eigenvalue weighted by Gasteiger charge is -2.12. The first-order chi connectivity index (χ1) is 9.11. The van der Waals surface area contributed by atoms with Crippen LogP contribution < -0.4 is 16.8 Å². The van der Waals surface area contributed by atoms with Gasteiger partial charge in [-0.25, -0.2) is 4.99 Å². The number of nitrogens with zero attached hydrogens (tertiary/aromatic N) is 1. The average Bonchev–Trinajstić information content (AvgIpc) is 2.37. The molecule has 110 valence electrons. The van der Waals surface area contributed by atoms with Crippen molar-refractivity contribution in [3.05, 3.63) is 42.0 Å². The fourth-order valence-corrected chi connectivity index (χ4v) is 1.57. The number of hydrogen-bond donors (Lipinski definition) is 3. The van der Waals surface area contributed by atoms with Gasteiger partial charge in [-0.1, -0.05) is 43.7 Å². The first-order valence-electron chi connectivity index (χ1n) is 6.24. The lowest BCUT2D eigenvalue weighted by Crippen LogP contribution is -2.36. The second-order valence-electron chi connectivity index (χ2n) is 4.11. The number of amides is 1. The zero-order valence-corrected chi connectivity index (χ0v) is 12.3. The molecule has 6 heteroatoms. The van der Waals surface area contributed by atoms with Gasteiger partial charge in [-0.3, -0.25) is 4.79 Å². The maximum atomic E-state index is 11.7. The Labute approximate surface area is 125 Å². The van der Waals surface area contributed by atoms with E-state index in [4.69, 9.17) is 11.5 Å². The lowest BCUT2D eigenvalue weighted by molar-refractivity contribution is -0.117. The number of guanidine groups is 1. The Balaban J connectivity index is 0.00000361. The van der Waals surface area contributed by atoms with Crippen LogP contribution in [0.3, 0.4) is 0 Å². The van der Waals surface area contributed by atoms with Gasteiger partial charge in [0, 0.05) is 6.08 Å². The summed E-state index contributed by atoms with van der Waals surface area (Å²) in [5.74, 6) is -0.238. The monoisotopic (exact) mass is 296 g/mol. The fourth-order valence-electron chi connectivity index (χ4n) is 1.57. The van der Waals surface area contributed by atoms with Crippen molar-refractivity contribution in [2.45, 2.75) is 25.9 Å². The molecule has 5 N–H and O–H groups in total. The Kier molecular flexibility index (Phi) is 8.87. The molecule has 0 radical (unpaired) electrons. The molecular formula is C14H21ClN4O. The van der Waals surface area contributed by atoms with Gasteiger partial charge in [0.2, 0.25) is 5.91 Å². The highest BCUT2D eigenvalue weighted by Gasteiger charge is 2.07. The number of carbonyl (C=O) groups is 1. The van der Waals surface area contributed by atoms with Gasteiger partial charge in [-0.05, 0) is 18.1 Å². The second-order valence-corrected chi connectivity index (χ2v) is 4.11. The van der Waals surface area contributed by atoms with Gasteiger partial charge in [0.05, 0.1) is 0 Å². The predicted octanol–water partition coefficient (Wildman–Crippen LogP) is 1.64. The van der Waals surface area contributed by atoms with E-state index in [9.17, 15) is 4.79 Å². The highest BCUT2D eigenvalue weighted by Crippen LogP contribution is 2.02. The Morgan fingerprint density at radius 1 is 1.35 bits per heavy atom. The minimum atomic E-state index is -0.372. The highest BCUT2D eigenvalue weighted by molar-refractivity contribution is 5.92. The number of halogens is 1. The summed E-state index contributed by atoms with van der Waals surface area (Å²) in [5.41, 5.74) is 11.6. The summed E-state index contributed by atoms with van der Waals surface area (Å²) in [4.78, 5) is 15.7. The van der Waals surface area contributed by atoms with Crippen LogP contribution in [0.25, 0.3) is 6.08 Å². The van der Waals surface area contributed by atoms with Crippen LogP contribution in [0.5, 0.6) is 0 Å². The Morgan fingerprint density at radius 3 is 2.55 bits per heavy atom. The Hall–Kier alpha value is -2.01. The topological polar surface area (TPSA) is 93.5 Å². The molecule has 0 heterocycles. The van der Waals surface area contributed by atoms with E-state index in [2.05, 4.69) is 10.3 Å². The molecule has 1 aromatic rings. The van der Waals surface area contributed by atoms with Crippen LogP contribution in [0.4, 0.5) is 0 Å². The predicted molar refractivity (Wildman–Crippen MR) is 85.4 cm³/mol. The minimum Gasteiger partial charge on any atom is -0.370 e. The number of nitrogens with two attached hydrogens (primary N) is 2. The first-order valence-corrected chi connectivity index (χ1v) is 6.24. The van der Waals surface area contributed by atoms with Crippen LogP contribution in [-0.2, 0) is 4.79 Å². The summed E-state index contributed by atoms with van der Waals surface area (Å²) >= 11 is 0. The maximum Gasteiger partial charge on any atom is 0.245 e. The third kappa shape index (κ3) is 7.43. The largest absolute Gasteiger partial charge is 0.370 e. The summed E-state index contributed by atoms with van der Waals surface area (Å²) < 4.78 is 0. The van der Waals surface area contributed by atoms with E-state index in [0.29, 0.717) is 6.42 Å². The van der Waals surface area contributed by atoms with Crippen molar-refractivity contribution in [1.82, 2.24) is 5.32 Å². The van der Waals surface area contributed by atoms with E-state index in [-0.39, 0.29) is 30.4 Å². The standard InChI is InChI=1S/C14H20N4O.ClH/c1-2-6-12(18-14(15)16)17-13(19)10-9-11-7-4-3-5-8-11;/h3-5,7-10,12H,2,6H2,1H3,(H,17,19)(H4,15,16,18);1H/b10-9+;. The van der Waals surface area contributed by atoms with Gasteiger partial charge >= 0.3 is 0 Å². The van der Waals surface area contributed by atoms with E-state index < -0.39 is 0 Å². The highest BCUT2D eigenvalue weighted by atomic mass is 35.5. The molecular weight excluding hydrogens is 276 g/mol. The molecule has 1 amide bonds. The van der Waals surface area contributed by atoms with Gasteiger partial charge in [0.25, 0.3) is 0 Å². The molecule has 5 nitrogen and oxygen atoms in total. The zero-order valence-electron chi connectivity index (χ0n) is 11.5. The van der Waals surface area contributed by atoms with E-state index >= 15 is 0 Å². The molecule has 0 aromatic heterocycles. The third-order valence-electron chi connectivity index (χ3n) is 2.40. The van der Waals surface area contributed by atoms with Crippen molar-refractivity contribution in [2.24, 2.45) is 16.5 Å². The molecule has 1 aromatic carbocycles. The lowest BCUT2D eigenvalue weighted by atomic mass is 10.2. The van der Waals surface area contributed by atoms with Crippen molar-refractivity contribution < 1.29 is 4.79 Å². The van der Waals surface area contributed by atoms with Gasteiger partial charge < -0.3 is 16.8 Å². The smallest absolute Gasteiger partial charge is 0.245 e. The molecule has 1 atom stereocenters. The van der Waals surface area contributed by atoms with E-state index in [1.807, 2.05) is 37.3 Å². The normalized spacial score (nSPS) is 11.4. The van der Waals surface area contributed by atoms with Crippen molar-refractivity contribution in [3.63, 3.8) is 0 Å². The molecule has 0 fully saturated rings. The molecule has 0 saturated heterocycles. The number of benzene rings is 1. The first kappa shape index (κ1) is 18.0. The number of rotatable bonds is 6. The minimum absolute atomic E-state index is 0. The number of carbonyl (C=O) groups excluding carboxylic acids is 1. The van der Waals surface area contributed by atoms with Crippen molar-refractivity contribution in [2.75, 3.05) is 0 Å². The summed E-state index contributed by atoms with van der Waals surface area (Å²) in [6, 6.07) is 9.59. The summed E-state index contributed by atoms with van der Waals surface area (Å²) in [6.45, 7) is 2.00. The summed E-state index contributed by atoms with van der Waals surface area (Å²) in [7, 11) is 0. The van der Waals surface area contributed by atoms with Gasteiger partial charge in [0.1, 0.15) is 6.17 Å². The SMILES string of the molecule is CCCC(N=C(N)N)NC(=O)/C=C/c1ccccc1.Cl. The van der Waals surface area contributed by atoms with Crippen molar-refractivity contribution in [1.29, 1.82) is 0 Å².